The third-order valence-corrected chi connectivity index (χ3v) is 5.37. The van der Waals surface area contributed by atoms with Crippen molar-refractivity contribution in [2.24, 2.45) is 5.92 Å². The van der Waals surface area contributed by atoms with E-state index >= 15 is 0 Å². The molecule has 0 aromatic heterocycles. The van der Waals surface area contributed by atoms with Crippen LogP contribution in [-0.4, -0.2) is 19.7 Å². The highest BCUT2D eigenvalue weighted by Crippen LogP contribution is 2.50. The first-order valence-corrected chi connectivity index (χ1v) is 8.76. The highest BCUT2D eigenvalue weighted by atomic mass is 16.5. The molecule has 4 heteroatoms. The van der Waals surface area contributed by atoms with Crippen LogP contribution in [0, 0.1) is 19.8 Å². The van der Waals surface area contributed by atoms with E-state index in [1.807, 2.05) is 24.3 Å². The molecule has 0 amide bonds. The highest BCUT2D eigenvalue weighted by molar-refractivity contribution is 5.89. The van der Waals surface area contributed by atoms with Crippen molar-refractivity contribution in [1.82, 2.24) is 0 Å². The van der Waals surface area contributed by atoms with Crippen LogP contribution in [-0.2, 0) is 9.47 Å². The van der Waals surface area contributed by atoms with Gasteiger partial charge in [0, 0.05) is 23.8 Å². The van der Waals surface area contributed by atoms with Crippen LogP contribution in [0.25, 0.3) is 0 Å². The van der Waals surface area contributed by atoms with E-state index in [4.69, 9.17) is 9.47 Å². The first kappa shape index (κ1) is 16.2. The van der Waals surface area contributed by atoms with E-state index in [9.17, 15) is 4.79 Å². The van der Waals surface area contributed by atoms with Crippen molar-refractivity contribution >= 4 is 11.7 Å². The van der Waals surface area contributed by atoms with Crippen LogP contribution < -0.4 is 5.32 Å². The SMILES string of the molecule is COC(=O)c1ccc(C2Nc3c(C)cc(C)cc3[C@H]3OCC[C@@H]23)cc1. The van der Waals surface area contributed by atoms with Gasteiger partial charge in [-0.15, -0.1) is 0 Å². The summed E-state index contributed by atoms with van der Waals surface area (Å²) in [5, 5.41) is 3.75. The topological polar surface area (TPSA) is 47.6 Å². The summed E-state index contributed by atoms with van der Waals surface area (Å²) in [4.78, 5) is 11.7. The molecular weight excluding hydrogens is 314 g/mol. The Morgan fingerprint density at radius 2 is 1.96 bits per heavy atom. The molecule has 1 N–H and O–H groups in total. The standard InChI is InChI=1S/C21H23NO3/c1-12-10-13(2)18-17(11-12)20-16(8-9-25-20)19(22-18)14-4-6-15(7-5-14)21(23)24-3/h4-7,10-11,16,19-20,22H,8-9H2,1-3H3/t16-,19?,20-/m0/s1. The van der Waals surface area contributed by atoms with Gasteiger partial charge >= 0.3 is 5.97 Å². The number of carbonyl (C=O) groups is 1. The van der Waals surface area contributed by atoms with Gasteiger partial charge in [0.25, 0.3) is 0 Å². The second-order valence-electron chi connectivity index (χ2n) is 7.03. The average molecular weight is 337 g/mol. The van der Waals surface area contributed by atoms with Gasteiger partial charge in [-0.1, -0.05) is 29.8 Å². The molecule has 1 unspecified atom stereocenters. The molecule has 4 nitrogen and oxygen atoms in total. The van der Waals surface area contributed by atoms with Crippen molar-refractivity contribution in [2.45, 2.75) is 32.4 Å². The molecule has 4 rings (SSSR count). The zero-order valence-electron chi connectivity index (χ0n) is 14.8. The maximum Gasteiger partial charge on any atom is 0.337 e. The molecule has 1 fully saturated rings. The number of ether oxygens (including phenoxy) is 2. The predicted octanol–water partition coefficient (Wildman–Crippen LogP) is 4.33. The largest absolute Gasteiger partial charge is 0.465 e. The fraction of sp³-hybridized carbons (Fsp3) is 0.381. The van der Waals surface area contributed by atoms with E-state index in [1.165, 1.54) is 35.1 Å². The molecule has 2 aliphatic heterocycles. The normalized spacial score (nSPS) is 24.2. The summed E-state index contributed by atoms with van der Waals surface area (Å²) in [7, 11) is 1.40. The fourth-order valence-corrected chi connectivity index (χ4v) is 4.23. The van der Waals surface area contributed by atoms with Crippen LogP contribution in [0.3, 0.4) is 0 Å². The minimum absolute atomic E-state index is 0.139. The third kappa shape index (κ3) is 2.71. The summed E-state index contributed by atoms with van der Waals surface area (Å²) in [5.41, 5.74) is 6.75. The molecule has 1 saturated heterocycles. The second kappa shape index (κ2) is 6.19. The van der Waals surface area contributed by atoms with Gasteiger partial charge in [-0.25, -0.2) is 4.79 Å². The van der Waals surface area contributed by atoms with Gasteiger partial charge < -0.3 is 14.8 Å². The first-order chi connectivity index (χ1) is 12.1. The predicted molar refractivity (Wildman–Crippen MR) is 96.9 cm³/mol. The van der Waals surface area contributed by atoms with Crippen molar-refractivity contribution < 1.29 is 14.3 Å². The number of benzene rings is 2. The maximum absolute atomic E-state index is 11.7. The highest BCUT2D eigenvalue weighted by Gasteiger charge is 2.41. The molecule has 130 valence electrons. The molecule has 2 aromatic carbocycles. The zero-order valence-corrected chi connectivity index (χ0v) is 14.8. The Bertz CT molecular complexity index is 813. The summed E-state index contributed by atoms with van der Waals surface area (Å²) in [6.07, 6.45) is 1.17. The van der Waals surface area contributed by atoms with E-state index in [1.54, 1.807) is 0 Å². The number of fused-ring (bicyclic) bond motifs is 3. The fourth-order valence-electron chi connectivity index (χ4n) is 4.23. The molecular formula is C21H23NO3. The van der Waals surface area contributed by atoms with Gasteiger partial charge in [-0.3, -0.25) is 0 Å². The number of rotatable bonds is 2. The molecule has 2 aliphatic rings. The third-order valence-electron chi connectivity index (χ3n) is 5.37. The lowest BCUT2D eigenvalue weighted by Gasteiger charge is -2.37. The molecule has 25 heavy (non-hydrogen) atoms. The summed E-state index contributed by atoms with van der Waals surface area (Å²) >= 11 is 0. The minimum Gasteiger partial charge on any atom is -0.465 e. The Balaban J connectivity index is 1.72. The number of hydrogen-bond donors (Lipinski definition) is 1. The summed E-state index contributed by atoms with van der Waals surface area (Å²) < 4.78 is 10.9. The molecule has 0 bridgehead atoms. The van der Waals surface area contributed by atoms with Crippen LogP contribution in [0.1, 0.15) is 51.2 Å². The quantitative estimate of drug-likeness (QED) is 0.829. The molecule has 2 heterocycles. The van der Waals surface area contributed by atoms with Crippen molar-refractivity contribution in [2.75, 3.05) is 19.0 Å². The molecule has 0 radical (unpaired) electrons. The van der Waals surface area contributed by atoms with E-state index in [0.29, 0.717) is 11.5 Å². The van der Waals surface area contributed by atoms with Crippen molar-refractivity contribution in [3.8, 4) is 0 Å². The average Bonchev–Trinajstić information content (AvgIpc) is 3.11. The number of anilines is 1. The first-order valence-electron chi connectivity index (χ1n) is 8.76. The van der Waals surface area contributed by atoms with E-state index in [0.717, 1.165) is 13.0 Å². The summed E-state index contributed by atoms with van der Waals surface area (Å²) in [5.74, 6) is 0.0968. The maximum atomic E-state index is 11.7. The Labute approximate surface area is 148 Å². The molecule has 0 spiro atoms. The van der Waals surface area contributed by atoms with Crippen molar-refractivity contribution in [3.63, 3.8) is 0 Å². The van der Waals surface area contributed by atoms with Gasteiger partial charge in [0.05, 0.1) is 24.8 Å². The van der Waals surface area contributed by atoms with E-state index in [2.05, 4.69) is 31.3 Å². The second-order valence-corrected chi connectivity index (χ2v) is 7.03. The number of methoxy groups -OCH3 is 1. The number of nitrogens with one attached hydrogen (secondary N) is 1. The molecule has 2 aromatic rings. The van der Waals surface area contributed by atoms with Crippen LogP contribution >= 0.6 is 0 Å². The molecule has 0 aliphatic carbocycles. The van der Waals surface area contributed by atoms with Crippen LogP contribution in [0.2, 0.25) is 0 Å². The zero-order chi connectivity index (χ0) is 17.6. The van der Waals surface area contributed by atoms with Crippen molar-refractivity contribution in [3.05, 3.63) is 64.2 Å². The Morgan fingerprint density at radius 1 is 1.20 bits per heavy atom. The lowest BCUT2D eigenvalue weighted by atomic mass is 9.79. The minimum atomic E-state index is -0.304. The smallest absolute Gasteiger partial charge is 0.337 e. The van der Waals surface area contributed by atoms with E-state index < -0.39 is 0 Å². The number of aryl methyl sites for hydroxylation is 2. The van der Waals surface area contributed by atoms with Gasteiger partial charge in [0.2, 0.25) is 0 Å². The number of hydrogen-bond acceptors (Lipinski definition) is 4. The summed E-state index contributed by atoms with van der Waals surface area (Å²) in [6, 6.07) is 12.4. The molecule has 3 atom stereocenters. The lowest BCUT2D eigenvalue weighted by molar-refractivity contribution is 0.0600. The van der Waals surface area contributed by atoms with Gasteiger partial charge in [-0.05, 0) is 43.5 Å². The monoisotopic (exact) mass is 337 g/mol. The lowest BCUT2D eigenvalue weighted by Crippen LogP contribution is -2.30. The Hall–Kier alpha value is -2.33. The van der Waals surface area contributed by atoms with Crippen LogP contribution in [0.5, 0.6) is 0 Å². The number of carbonyl (C=O) groups excluding carboxylic acids is 1. The van der Waals surface area contributed by atoms with Gasteiger partial charge in [0.15, 0.2) is 0 Å². The summed E-state index contributed by atoms with van der Waals surface area (Å²) in [6.45, 7) is 5.07. The van der Waals surface area contributed by atoms with Crippen molar-refractivity contribution in [1.29, 1.82) is 0 Å². The molecule has 0 saturated carbocycles. The Kier molecular flexibility index (Phi) is 4.00. The number of esters is 1. The van der Waals surface area contributed by atoms with Crippen LogP contribution in [0.15, 0.2) is 36.4 Å². The Morgan fingerprint density at radius 3 is 2.68 bits per heavy atom. The van der Waals surface area contributed by atoms with E-state index in [-0.39, 0.29) is 18.1 Å². The van der Waals surface area contributed by atoms with Gasteiger partial charge in [-0.2, -0.15) is 0 Å². The van der Waals surface area contributed by atoms with Crippen LogP contribution in [0.4, 0.5) is 5.69 Å². The van der Waals surface area contributed by atoms with Gasteiger partial charge in [0.1, 0.15) is 0 Å².